The van der Waals surface area contributed by atoms with E-state index in [0.717, 1.165) is 6.42 Å². The zero-order valence-electron chi connectivity index (χ0n) is 11.9. The Balaban J connectivity index is 1.79. The van der Waals surface area contributed by atoms with Crippen LogP contribution in [0.1, 0.15) is 71.1 Å². The number of unbranched alkanes of at least 4 members (excludes halogenated alkanes) is 8. The van der Waals surface area contributed by atoms with Gasteiger partial charge in [0.05, 0.1) is 13.2 Å². The van der Waals surface area contributed by atoms with Gasteiger partial charge in [0.1, 0.15) is 6.10 Å². The van der Waals surface area contributed by atoms with Crippen LogP contribution >= 0.6 is 0 Å². The fourth-order valence-corrected chi connectivity index (χ4v) is 2.38. The van der Waals surface area contributed by atoms with Gasteiger partial charge in [-0.25, -0.2) is 0 Å². The van der Waals surface area contributed by atoms with Crippen LogP contribution in [-0.4, -0.2) is 30.7 Å². The van der Waals surface area contributed by atoms with Gasteiger partial charge in [-0.3, -0.25) is 0 Å². The van der Waals surface area contributed by atoms with Crippen molar-refractivity contribution >= 4 is 0 Å². The lowest BCUT2D eigenvalue weighted by Crippen LogP contribution is -2.16. The van der Waals surface area contributed by atoms with Crippen LogP contribution in [0.5, 0.6) is 0 Å². The lowest BCUT2D eigenvalue weighted by Gasteiger charge is -2.09. The number of ether oxygens (including phenoxy) is 2. The topological polar surface area (TPSA) is 38.7 Å². The van der Waals surface area contributed by atoms with E-state index in [2.05, 4.69) is 6.92 Å². The van der Waals surface area contributed by atoms with E-state index < -0.39 is 0 Å². The first-order chi connectivity index (χ1) is 8.86. The van der Waals surface area contributed by atoms with Gasteiger partial charge in [-0.05, 0) is 12.8 Å². The summed E-state index contributed by atoms with van der Waals surface area (Å²) in [5.74, 6) is 0. The summed E-state index contributed by atoms with van der Waals surface area (Å²) in [5.41, 5.74) is 0. The van der Waals surface area contributed by atoms with Crippen molar-refractivity contribution in [1.29, 1.82) is 0 Å². The first kappa shape index (κ1) is 15.9. The summed E-state index contributed by atoms with van der Waals surface area (Å²) in [4.78, 5) is 0. The van der Waals surface area contributed by atoms with E-state index in [4.69, 9.17) is 14.6 Å². The predicted octanol–water partition coefficient (Wildman–Crippen LogP) is 3.64. The zero-order chi connectivity index (χ0) is 13.1. The van der Waals surface area contributed by atoms with Crippen LogP contribution in [0.25, 0.3) is 0 Å². The number of aliphatic hydroxyl groups excluding tert-OH is 1. The molecule has 0 aromatic heterocycles. The predicted molar refractivity (Wildman–Crippen MR) is 73.5 cm³/mol. The average Bonchev–Trinajstić information content (AvgIpc) is 2.85. The smallest absolute Gasteiger partial charge is 0.158 e. The van der Waals surface area contributed by atoms with Gasteiger partial charge in [0, 0.05) is 0 Å². The molecule has 1 aliphatic heterocycles. The summed E-state index contributed by atoms with van der Waals surface area (Å²) in [6.07, 6.45) is 12.9. The van der Waals surface area contributed by atoms with Gasteiger partial charge in [0.2, 0.25) is 0 Å². The van der Waals surface area contributed by atoms with E-state index in [1.54, 1.807) is 0 Å². The molecule has 1 rings (SSSR count). The van der Waals surface area contributed by atoms with Crippen LogP contribution in [0.2, 0.25) is 0 Å². The van der Waals surface area contributed by atoms with E-state index in [1.807, 2.05) is 0 Å². The first-order valence-corrected chi connectivity index (χ1v) is 7.74. The van der Waals surface area contributed by atoms with E-state index in [0.29, 0.717) is 6.61 Å². The average molecular weight is 258 g/mol. The fraction of sp³-hybridized carbons (Fsp3) is 1.00. The number of hydrogen-bond donors (Lipinski definition) is 1. The lowest BCUT2D eigenvalue weighted by molar-refractivity contribution is -0.0701. The Morgan fingerprint density at radius 2 is 1.56 bits per heavy atom. The van der Waals surface area contributed by atoms with Gasteiger partial charge in [-0.1, -0.05) is 58.3 Å². The molecule has 108 valence electrons. The fourth-order valence-electron chi connectivity index (χ4n) is 2.38. The Bertz CT molecular complexity index is 185. The molecule has 1 fully saturated rings. The van der Waals surface area contributed by atoms with E-state index >= 15 is 0 Å². The molecule has 1 saturated heterocycles. The maximum absolute atomic E-state index is 8.91. The third-order valence-electron chi connectivity index (χ3n) is 3.56. The van der Waals surface area contributed by atoms with Gasteiger partial charge in [-0.15, -0.1) is 0 Å². The molecule has 1 aliphatic rings. The second-order valence-electron chi connectivity index (χ2n) is 5.32. The second kappa shape index (κ2) is 10.8. The highest BCUT2D eigenvalue weighted by molar-refractivity contribution is 4.63. The molecule has 1 heterocycles. The van der Waals surface area contributed by atoms with Gasteiger partial charge >= 0.3 is 0 Å². The monoisotopic (exact) mass is 258 g/mol. The largest absolute Gasteiger partial charge is 0.394 e. The summed E-state index contributed by atoms with van der Waals surface area (Å²) >= 11 is 0. The third kappa shape index (κ3) is 7.34. The Morgan fingerprint density at radius 3 is 2.11 bits per heavy atom. The van der Waals surface area contributed by atoms with Gasteiger partial charge in [-0.2, -0.15) is 0 Å². The molecule has 0 unspecified atom stereocenters. The van der Waals surface area contributed by atoms with Crippen LogP contribution in [0.3, 0.4) is 0 Å². The maximum atomic E-state index is 8.91. The Hall–Kier alpha value is -0.120. The van der Waals surface area contributed by atoms with Crippen LogP contribution in [0.4, 0.5) is 0 Å². The highest BCUT2D eigenvalue weighted by Crippen LogP contribution is 2.18. The highest BCUT2D eigenvalue weighted by Gasteiger charge is 2.24. The summed E-state index contributed by atoms with van der Waals surface area (Å²) in [7, 11) is 0. The van der Waals surface area contributed by atoms with Crippen LogP contribution in [0.15, 0.2) is 0 Å². The van der Waals surface area contributed by atoms with E-state index in [-0.39, 0.29) is 19.0 Å². The van der Waals surface area contributed by atoms with Gasteiger partial charge < -0.3 is 14.6 Å². The van der Waals surface area contributed by atoms with Crippen LogP contribution in [0, 0.1) is 0 Å². The number of hydrogen-bond acceptors (Lipinski definition) is 3. The Morgan fingerprint density at radius 1 is 0.944 bits per heavy atom. The van der Waals surface area contributed by atoms with Gasteiger partial charge in [0.15, 0.2) is 6.29 Å². The third-order valence-corrected chi connectivity index (χ3v) is 3.56. The zero-order valence-corrected chi connectivity index (χ0v) is 11.9. The minimum Gasteiger partial charge on any atom is -0.394 e. The SMILES string of the molecule is CCCCCCCCCCC[C@H]1OC[C@@H](CO)O1. The molecule has 0 amide bonds. The van der Waals surface area contributed by atoms with Crippen molar-refractivity contribution in [2.24, 2.45) is 0 Å². The number of rotatable bonds is 11. The number of aliphatic hydroxyl groups is 1. The molecule has 18 heavy (non-hydrogen) atoms. The molecule has 2 atom stereocenters. The van der Waals surface area contributed by atoms with Crippen molar-refractivity contribution in [3.8, 4) is 0 Å². The molecule has 0 radical (unpaired) electrons. The molecule has 0 aromatic carbocycles. The lowest BCUT2D eigenvalue weighted by atomic mass is 10.1. The van der Waals surface area contributed by atoms with Gasteiger partial charge in [0.25, 0.3) is 0 Å². The van der Waals surface area contributed by atoms with Crippen molar-refractivity contribution in [1.82, 2.24) is 0 Å². The van der Waals surface area contributed by atoms with Crippen molar-refractivity contribution in [3.63, 3.8) is 0 Å². The highest BCUT2D eigenvalue weighted by atomic mass is 16.7. The van der Waals surface area contributed by atoms with Crippen molar-refractivity contribution < 1.29 is 14.6 Å². The second-order valence-corrected chi connectivity index (χ2v) is 5.32. The minimum atomic E-state index is -0.0893. The summed E-state index contributed by atoms with van der Waals surface area (Å²) in [6, 6.07) is 0. The normalized spacial score (nSPS) is 23.7. The van der Waals surface area contributed by atoms with Crippen molar-refractivity contribution in [2.45, 2.75) is 83.5 Å². The van der Waals surface area contributed by atoms with Crippen LogP contribution in [-0.2, 0) is 9.47 Å². The molecule has 0 saturated carbocycles. The summed E-state index contributed by atoms with van der Waals surface area (Å²) in [6.45, 7) is 2.89. The van der Waals surface area contributed by atoms with Crippen molar-refractivity contribution in [2.75, 3.05) is 13.2 Å². The molecule has 0 aromatic rings. The summed E-state index contributed by atoms with van der Waals surface area (Å²) in [5, 5.41) is 8.91. The molecule has 3 nitrogen and oxygen atoms in total. The Kier molecular flexibility index (Phi) is 9.54. The molecule has 3 heteroatoms. The quantitative estimate of drug-likeness (QED) is 0.575. The molecule has 0 aliphatic carbocycles. The summed E-state index contributed by atoms with van der Waals surface area (Å²) < 4.78 is 11.0. The molecular weight excluding hydrogens is 228 g/mol. The van der Waals surface area contributed by atoms with Crippen LogP contribution < -0.4 is 0 Å². The van der Waals surface area contributed by atoms with Crippen molar-refractivity contribution in [3.05, 3.63) is 0 Å². The van der Waals surface area contributed by atoms with E-state index in [9.17, 15) is 0 Å². The molecule has 1 N–H and O–H groups in total. The molecule has 0 spiro atoms. The van der Waals surface area contributed by atoms with E-state index in [1.165, 1.54) is 57.8 Å². The first-order valence-electron chi connectivity index (χ1n) is 7.74. The minimum absolute atomic E-state index is 0.0632. The maximum Gasteiger partial charge on any atom is 0.158 e. The Labute approximate surface area is 112 Å². The standard InChI is InChI=1S/C15H30O3/c1-2-3-4-5-6-7-8-9-10-11-15-17-13-14(12-16)18-15/h14-16H,2-13H2,1H3/t14-,15+/m1/s1. The molecule has 0 bridgehead atoms. The molecular formula is C15H30O3.